The van der Waals surface area contributed by atoms with Crippen molar-refractivity contribution < 1.29 is 14.8 Å². The van der Waals surface area contributed by atoms with Crippen LogP contribution in [0.2, 0.25) is 0 Å². The summed E-state index contributed by atoms with van der Waals surface area (Å²) in [6.45, 7) is 1.92. The quantitative estimate of drug-likeness (QED) is 0.379. The molecule has 0 spiro atoms. The van der Waals surface area contributed by atoms with Crippen molar-refractivity contribution in [3.05, 3.63) is 68.6 Å². The number of phenolic OH excluding ortho intramolecular Hbond substituents is 1. The summed E-state index contributed by atoms with van der Waals surface area (Å²) < 4.78 is 0.398. The number of carbonyl (C=O) groups is 1. The third-order valence-electron chi connectivity index (χ3n) is 3.55. The van der Waals surface area contributed by atoms with E-state index < -0.39 is 16.4 Å². The highest BCUT2D eigenvalue weighted by Crippen LogP contribution is 2.37. The van der Waals surface area contributed by atoms with Gasteiger partial charge in [-0.1, -0.05) is 42.2 Å². The van der Waals surface area contributed by atoms with Crippen LogP contribution in [0.5, 0.6) is 5.75 Å². The van der Waals surface area contributed by atoms with Crippen LogP contribution < -0.4 is 4.90 Å². The zero-order valence-electron chi connectivity index (χ0n) is 13.0. The van der Waals surface area contributed by atoms with E-state index in [1.54, 1.807) is 6.07 Å². The van der Waals surface area contributed by atoms with Gasteiger partial charge in [0.05, 0.1) is 15.5 Å². The second-order valence-corrected chi connectivity index (χ2v) is 7.04. The molecule has 1 aliphatic rings. The topological polar surface area (TPSA) is 83.7 Å². The van der Waals surface area contributed by atoms with Crippen LogP contribution >= 0.6 is 24.0 Å². The van der Waals surface area contributed by atoms with E-state index in [4.69, 9.17) is 12.2 Å². The van der Waals surface area contributed by atoms with E-state index in [0.29, 0.717) is 20.5 Å². The largest absolute Gasteiger partial charge is 0.502 e. The van der Waals surface area contributed by atoms with E-state index in [0.717, 1.165) is 17.3 Å². The molecule has 0 bridgehead atoms. The minimum Gasteiger partial charge on any atom is -0.502 e. The monoisotopic (exact) mass is 372 g/mol. The van der Waals surface area contributed by atoms with Crippen molar-refractivity contribution in [2.75, 3.05) is 4.90 Å². The summed E-state index contributed by atoms with van der Waals surface area (Å²) in [4.78, 5) is 24.7. The van der Waals surface area contributed by atoms with Crippen LogP contribution in [-0.2, 0) is 4.79 Å². The number of phenols is 1. The lowest BCUT2D eigenvalue weighted by Crippen LogP contribution is -2.27. The molecule has 1 saturated heterocycles. The van der Waals surface area contributed by atoms with Gasteiger partial charge >= 0.3 is 5.69 Å². The molecule has 1 aliphatic heterocycles. The van der Waals surface area contributed by atoms with Gasteiger partial charge in [-0.2, -0.15) is 0 Å². The van der Waals surface area contributed by atoms with Crippen LogP contribution in [0, 0.1) is 17.0 Å². The minimum absolute atomic E-state index is 0.281. The molecule has 8 heteroatoms. The highest BCUT2D eigenvalue weighted by Gasteiger charge is 2.33. The van der Waals surface area contributed by atoms with Crippen molar-refractivity contribution in [2.24, 2.45) is 0 Å². The van der Waals surface area contributed by atoms with Crippen LogP contribution in [0.25, 0.3) is 6.08 Å². The molecule has 0 unspecified atom stereocenters. The van der Waals surface area contributed by atoms with Gasteiger partial charge in [-0.15, -0.1) is 0 Å². The number of aryl methyl sites for hydroxylation is 1. The normalized spacial score (nSPS) is 15.9. The first kappa shape index (κ1) is 17.1. The summed E-state index contributed by atoms with van der Waals surface area (Å²) in [5, 5.41) is 20.4. The van der Waals surface area contributed by atoms with E-state index in [1.807, 2.05) is 25.1 Å². The number of hydrogen-bond acceptors (Lipinski definition) is 6. The summed E-state index contributed by atoms with van der Waals surface area (Å²) in [5.74, 6) is -0.703. The van der Waals surface area contributed by atoms with E-state index >= 15 is 0 Å². The fourth-order valence-corrected chi connectivity index (χ4v) is 3.68. The van der Waals surface area contributed by atoms with Gasteiger partial charge in [-0.25, -0.2) is 0 Å². The number of nitro benzene ring substituents is 1. The Morgan fingerprint density at radius 2 is 2.04 bits per heavy atom. The van der Waals surface area contributed by atoms with Gasteiger partial charge in [-0.05, 0) is 42.3 Å². The zero-order chi connectivity index (χ0) is 18.1. The molecular weight excluding hydrogens is 360 g/mol. The van der Waals surface area contributed by atoms with Crippen LogP contribution in [0.1, 0.15) is 11.1 Å². The smallest absolute Gasteiger partial charge is 0.311 e. The predicted octanol–water partition coefficient (Wildman–Crippen LogP) is 4.01. The van der Waals surface area contributed by atoms with Crippen molar-refractivity contribution in [3.8, 4) is 5.75 Å². The molecule has 126 valence electrons. The number of carbonyl (C=O) groups excluding carboxylic acids is 1. The maximum absolute atomic E-state index is 12.7. The Hall–Kier alpha value is -2.71. The molecule has 0 saturated carbocycles. The highest BCUT2D eigenvalue weighted by molar-refractivity contribution is 8.27. The lowest BCUT2D eigenvalue weighted by Gasteiger charge is -2.14. The van der Waals surface area contributed by atoms with E-state index in [1.165, 1.54) is 29.2 Å². The second-order valence-electron chi connectivity index (χ2n) is 5.36. The number of aromatic hydroxyl groups is 1. The number of nitro groups is 1. The van der Waals surface area contributed by atoms with Crippen LogP contribution in [0.3, 0.4) is 0 Å². The molecule has 3 rings (SSSR count). The van der Waals surface area contributed by atoms with Crippen molar-refractivity contribution in [2.45, 2.75) is 6.92 Å². The van der Waals surface area contributed by atoms with Crippen LogP contribution in [0.15, 0.2) is 47.4 Å². The average molecular weight is 372 g/mol. The Kier molecular flexibility index (Phi) is 4.56. The van der Waals surface area contributed by atoms with Crippen molar-refractivity contribution in [1.29, 1.82) is 0 Å². The Balaban J connectivity index is 1.96. The summed E-state index contributed by atoms with van der Waals surface area (Å²) in [6.07, 6.45) is 1.53. The van der Waals surface area contributed by atoms with Crippen LogP contribution in [0.4, 0.5) is 11.4 Å². The van der Waals surface area contributed by atoms with Gasteiger partial charge in [0.25, 0.3) is 5.91 Å². The Morgan fingerprint density at radius 1 is 1.28 bits per heavy atom. The summed E-state index contributed by atoms with van der Waals surface area (Å²) in [6, 6.07) is 11.4. The lowest BCUT2D eigenvalue weighted by atomic mass is 10.1. The van der Waals surface area contributed by atoms with Gasteiger partial charge in [-0.3, -0.25) is 19.8 Å². The molecule has 2 aromatic rings. The first-order chi connectivity index (χ1) is 11.9. The van der Waals surface area contributed by atoms with Crippen molar-refractivity contribution in [1.82, 2.24) is 0 Å². The van der Waals surface area contributed by atoms with Gasteiger partial charge in [0.1, 0.15) is 0 Å². The average Bonchev–Trinajstić information content (AvgIpc) is 2.83. The molecule has 1 N–H and O–H groups in total. The standard InChI is InChI=1S/C17H12N2O4S2/c1-10-3-2-4-12(7-10)18-16(21)15(25-17(18)24)9-11-5-6-14(20)13(8-11)19(22)23/h2-9,20H,1H3. The number of anilines is 1. The fraction of sp³-hybridized carbons (Fsp3) is 0.0588. The number of hydrogen-bond donors (Lipinski definition) is 1. The zero-order valence-corrected chi connectivity index (χ0v) is 14.6. The maximum atomic E-state index is 12.7. The van der Waals surface area contributed by atoms with E-state index in [-0.39, 0.29) is 5.91 Å². The van der Waals surface area contributed by atoms with Crippen LogP contribution in [-0.4, -0.2) is 20.3 Å². The van der Waals surface area contributed by atoms with Crippen molar-refractivity contribution in [3.63, 3.8) is 0 Å². The number of amides is 1. The van der Waals surface area contributed by atoms with Gasteiger partial charge in [0.2, 0.25) is 0 Å². The molecule has 6 nitrogen and oxygen atoms in total. The van der Waals surface area contributed by atoms with Gasteiger partial charge in [0, 0.05) is 6.07 Å². The van der Waals surface area contributed by atoms with E-state index in [9.17, 15) is 20.0 Å². The van der Waals surface area contributed by atoms with Gasteiger partial charge in [0.15, 0.2) is 10.1 Å². The maximum Gasteiger partial charge on any atom is 0.311 e. The molecule has 0 atom stereocenters. The summed E-state index contributed by atoms with van der Waals surface area (Å²) >= 11 is 6.44. The number of rotatable bonds is 3. The number of benzene rings is 2. The molecule has 0 aliphatic carbocycles. The Morgan fingerprint density at radius 3 is 2.72 bits per heavy atom. The summed E-state index contributed by atoms with van der Waals surface area (Å²) in [7, 11) is 0. The number of nitrogens with zero attached hydrogens (tertiary/aromatic N) is 2. The lowest BCUT2D eigenvalue weighted by molar-refractivity contribution is -0.385. The molecule has 25 heavy (non-hydrogen) atoms. The number of thiocarbonyl (C=S) groups is 1. The van der Waals surface area contributed by atoms with E-state index in [2.05, 4.69) is 0 Å². The Labute approximate surface area is 152 Å². The third-order valence-corrected chi connectivity index (χ3v) is 4.85. The predicted molar refractivity (Wildman–Crippen MR) is 102 cm³/mol. The molecule has 0 radical (unpaired) electrons. The SMILES string of the molecule is Cc1cccc(N2C(=O)C(=Cc3ccc(O)c([N+](=O)[O-])c3)SC2=S)c1. The second kappa shape index (κ2) is 6.66. The molecule has 1 heterocycles. The first-order valence-electron chi connectivity index (χ1n) is 7.19. The molecule has 1 fully saturated rings. The van der Waals surface area contributed by atoms with Crippen molar-refractivity contribution >= 4 is 51.7 Å². The molecule has 0 aromatic heterocycles. The number of thioether (sulfide) groups is 1. The molecular formula is C17H12N2O4S2. The third kappa shape index (κ3) is 3.40. The fourth-order valence-electron chi connectivity index (χ4n) is 2.39. The minimum atomic E-state index is -0.676. The van der Waals surface area contributed by atoms with Gasteiger partial charge < -0.3 is 5.11 Å². The highest BCUT2D eigenvalue weighted by atomic mass is 32.2. The Bertz CT molecular complexity index is 940. The first-order valence-corrected chi connectivity index (χ1v) is 8.41. The summed E-state index contributed by atoms with van der Waals surface area (Å²) in [5.41, 5.74) is 1.71. The molecule has 2 aromatic carbocycles. The molecule has 1 amide bonds.